The van der Waals surface area contributed by atoms with Crippen LogP contribution in [0.3, 0.4) is 0 Å². The van der Waals surface area contributed by atoms with E-state index in [0.29, 0.717) is 11.4 Å². The average molecular weight is 368 g/mol. The number of hydrogen-bond donors (Lipinski definition) is 0. The summed E-state index contributed by atoms with van der Waals surface area (Å²) in [4.78, 5) is 18.5. The second-order valence-electron chi connectivity index (χ2n) is 5.87. The van der Waals surface area contributed by atoms with E-state index in [9.17, 15) is 4.79 Å². The molecule has 0 aliphatic rings. The van der Waals surface area contributed by atoms with Crippen LogP contribution in [0.2, 0.25) is 0 Å². The van der Waals surface area contributed by atoms with Gasteiger partial charge in [-0.2, -0.15) is 0 Å². The van der Waals surface area contributed by atoms with Crippen molar-refractivity contribution in [1.29, 1.82) is 0 Å². The Hall–Kier alpha value is -2.44. The van der Waals surface area contributed by atoms with Gasteiger partial charge in [0.25, 0.3) is 0 Å². The third-order valence-electron chi connectivity index (χ3n) is 3.78. The van der Waals surface area contributed by atoms with E-state index in [4.69, 9.17) is 4.74 Å². The van der Waals surface area contributed by atoms with Crippen LogP contribution in [0.15, 0.2) is 47.2 Å². The molecular formula is C19H16N2O2S2. The molecule has 3 heterocycles. The standard InChI is InChI=1S/C19H16N2O2S2/c1-12(2)23-14-7-5-13(6-8-14)18-15(10-22)21-16(11-25-19(21)20-18)17-4-3-9-24-17/h3-12H,1-2H3. The Morgan fingerprint density at radius 3 is 2.60 bits per heavy atom. The molecule has 0 bridgehead atoms. The zero-order valence-corrected chi connectivity index (χ0v) is 15.4. The maximum absolute atomic E-state index is 11.8. The summed E-state index contributed by atoms with van der Waals surface area (Å²) in [5.74, 6) is 0.812. The minimum absolute atomic E-state index is 0.127. The Morgan fingerprint density at radius 2 is 1.96 bits per heavy atom. The molecule has 0 aliphatic heterocycles. The summed E-state index contributed by atoms with van der Waals surface area (Å²) in [5, 5.41) is 4.08. The van der Waals surface area contributed by atoms with Crippen molar-refractivity contribution in [3.05, 3.63) is 52.9 Å². The fourth-order valence-electron chi connectivity index (χ4n) is 2.76. The number of rotatable bonds is 5. The molecule has 3 aromatic heterocycles. The smallest absolute Gasteiger partial charge is 0.195 e. The molecule has 6 heteroatoms. The predicted molar refractivity (Wildman–Crippen MR) is 103 cm³/mol. The van der Waals surface area contributed by atoms with Gasteiger partial charge in [0.1, 0.15) is 17.1 Å². The zero-order chi connectivity index (χ0) is 17.4. The van der Waals surface area contributed by atoms with Crippen LogP contribution in [-0.2, 0) is 0 Å². The van der Waals surface area contributed by atoms with E-state index in [-0.39, 0.29) is 6.10 Å². The predicted octanol–water partition coefficient (Wildman–Crippen LogP) is 5.39. The summed E-state index contributed by atoms with van der Waals surface area (Å²) in [6.07, 6.45) is 1.01. The number of ether oxygens (including phenoxy) is 1. The molecule has 4 rings (SSSR count). The first kappa shape index (κ1) is 16.1. The highest BCUT2D eigenvalue weighted by atomic mass is 32.1. The highest BCUT2D eigenvalue weighted by molar-refractivity contribution is 7.17. The average Bonchev–Trinajstić information content (AvgIpc) is 3.30. The van der Waals surface area contributed by atoms with Crippen molar-refractivity contribution in [1.82, 2.24) is 9.38 Å². The third-order valence-corrected chi connectivity index (χ3v) is 5.50. The van der Waals surface area contributed by atoms with Crippen molar-refractivity contribution >= 4 is 33.9 Å². The fourth-order valence-corrected chi connectivity index (χ4v) is 4.46. The molecular weight excluding hydrogens is 352 g/mol. The van der Waals surface area contributed by atoms with Crippen molar-refractivity contribution in [3.63, 3.8) is 0 Å². The number of benzene rings is 1. The van der Waals surface area contributed by atoms with Gasteiger partial charge in [0.2, 0.25) is 0 Å². The van der Waals surface area contributed by atoms with Crippen molar-refractivity contribution in [2.45, 2.75) is 20.0 Å². The molecule has 0 atom stereocenters. The SMILES string of the molecule is CC(C)Oc1ccc(-c2nc3scc(-c4cccs4)n3c2C=O)cc1. The van der Waals surface area contributed by atoms with Gasteiger partial charge in [-0.1, -0.05) is 6.07 Å². The largest absolute Gasteiger partial charge is 0.491 e. The van der Waals surface area contributed by atoms with Crippen LogP contribution < -0.4 is 4.74 Å². The van der Waals surface area contributed by atoms with Crippen LogP contribution in [0.1, 0.15) is 24.3 Å². The lowest BCUT2D eigenvalue weighted by Crippen LogP contribution is -2.05. The Kier molecular flexibility index (Phi) is 4.15. The topological polar surface area (TPSA) is 43.6 Å². The summed E-state index contributed by atoms with van der Waals surface area (Å²) < 4.78 is 7.62. The lowest BCUT2D eigenvalue weighted by Gasteiger charge is -2.09. The quantitative estimate of drug-likeness (QED) is 0.444. The maximum atomic E-state index is 11.8. The number of carbonyl (C=O) groups excluding carboxylic acids is 1. The number of nitrogens with zero attached hydrogens (tertiary/aromatic N) is 2. The molecule has 1 aromatic carbocycles. The van der Waals surface area contributed by atoms with Crippen molar-refractivity contribution in [2.75, 3.05) is 0 Å². The van der Waals surface area contributed by atoms with E-state index in [1.165, 1.54) is 0 Å². The monoisotopic (exact) mass is 368 g/mol. The molecule has 0 unspecified atom stereocenters. The number of imidazole rings is 1. The normalized spacial score (nSPS) is 11.3. The number of thiophene rings is 1. The number of aromatic nitrogens is 2. The van der Waals surface area contributed by atoms with Gasteiger partial charge in [-0.05, 0) is 49.6 Å². The molecule has 4 nitrogen and oxygen atoms in total. The highest BCUT2D eigenvalue weighted by Gasteiger charge is 2.18. The summed E-state index contributed by atoms with van der Waals surface area (Å²) in [6.45, 7) is 3.99. The molecule has 0 radical (unpaired) electrons. The molecule has 0 saturated carbocycles. The summed E-state index contributed by atoms with van der Waals surface area (Å²) in [6, 6.07) is 11.8. The molecule has 0 fully saturated rings. The molecule has 126 valence electrons. The van der Waals surface area contributed by atoms with E-state index < -0.39 is 0 Å². The van der Waals surface area contributed by atoms with Crippen LogP contribution in [0.25, 0.3) is 26.8 Å². The lowest BCUT2D eigenvalue weighted by atomic mass is 10.1. The first-order chi connectivity index (χ1) is 12.2. The van der Waals surface area contributed by atoms with E-state index in [1.54, 1.807) is 22.7 Å². The van der Waals surface area contributed by atoms with Gasteiger partial charge in [0, 0.05) is 10.9 Å². The summed E-state index contributed by atoms with van der Waals surface area (Å²) >= 11 is 3.20. The second kappa shape index (κ2) is 6.46. The van der Waals surface area contributed by atoms with Crippen molar-refractivity contribution in [2.24, 2.45) is 0 Å². The van der Waals surface area contributed by atoms with Gasteiger partial charge in [-0.3, -0.25) is 9.20 Å². The van der Waals surface area contributed by atoms with Gasteiger partial charge in [0.05, 0.1) is 16.7 Å². The third kappa shape index (κ3) is 2.88. The molecule has 0 amide bonds. The zero-order valence-electron chi connectivity index (χ0n) is 13.8. The minimum atomic E-state index is 0.127. The number of hydrogen-bond acceptors (Lipinski definition) is 5. The van der Waals surface area contributed by atoms with Crippen molar-refractivity contribution < 1.29 is 9.53 Å². The number of fused-ring (bicyclic) bond motifs is 1. The number of carbonyl (C=O) groups is 1. The summed E-state index contributed by atoms with van der Waals surface area (Å²) in [7, 11) is 0. The highest BCUT2D eigenvalue weighted by Crippen LogP contribution is 2.34. The van der Waals surface area contributed by atoms with Gasteiger partial charge in [0.15, 0.2) is 11.2 Å². The Balaban J connectivity index is 1.81. The van der Waals surface area contributed by atoms with Crippen LogP contribution in [0.5, 0.6) is 5.75 Å². The Labute approximate surface area is 153 Å². The molecule has 25 heavy (non-hydrogen) atoms. The van der Waals surface area contributed by atoms with Crippen LogP contribution >= 0.6 is 22.7 Å². The maximum Gasteiger partial charge on any atom is 0.195 e. The fraction of sp³-hybridized carbons (Fsp3) is 0.158. The van der Waals surface area contributed by atoms with Crippen LogP contribution in [0, 0.1) is 0 Å². The Bertz CT molecular complexity index is 1010. The molecule has 0 aliphatic carbocycles. The van der Waals surface area contributed by atoms with Crippen LogP contribution in [0.4, 0.5) is 0 Å². The Morgan fingerprint density at radius 1 is 1.16 bits per heavy atom. The van der Waals surface area contributed by atoms with Gasteiger partial charge in [-0.15, -0.1) is 22.7 Å². The van der Waals surface area contributed by atoms with Gasteiger partial charge in [-0.25, -0.2) is 4.98 Å². The minimum Gasteiger partial charge on any atom is -0.491 e. The first-order valence-corrected chi connectivity index (χ1v) is 9.69. The summed E-state index contributed by atoms with van der Waals surface area (Å²) in [5.41, 5.74) is 3.20. The van der Waals surface area contributed by atoms with E-state index in [1.807, 2.05) is 59.3 Å². The second-order valence-corrected chi connectivity index (χ2v) is 7.65. The first-order valence-electron chi connectivity index (χ1n) is 7.93. The van der Waals surface area contributed by atoms with Crippen LogP contribution in [-0.4, -0.2) is 21.8 Å². The van der Waals surface area contributed by atoms with E-state index >= 15 is 0 Å². The molecule has 0 N–H and O–H groups in total. The number of thiazole rings is 1. The lowest BCUT2D eigenvalue weighted by molar-refractivity contribution is 0.111. The molecule has 4 aromatic rings. The number of aldehydes is 1. The van der Waals surface area contributed by atoms with E-state index in [0.717, 1.165) is 33.1 Å². The molecule has 0 spiro atoms. The van der Waals surface area contributed by atoms with Gasteiger partial charge >= 0.3 is 0 Å². The van der Waals surface area contributed by atoms with E-state index in [2.05, 4.69) is 11.1 Å². The van der Waals surface area contributed by atoms with Crippen molar-refractivity contribution in [3.8, 4) is 27.6 Å². The molecule has 0 saturated heterocycles. The van der Waals surface area contributed by atoms with Gasteiger partial charge < -0.3 is 4.74 Å².